The van der Waals surface area contributed by atoms with Crippen LogP contribution < -0.4 is 0 Å². The molecule has 0 aromatic carbocycles. The van der Waals surface area contributed by atoms with Crippen LogP contribution in [-0.4, -0.2) is 10.7 Å². The highest BCUT2D eigenvalue weighted by Crippen LogP contribution is 2.31. The number of aliphatic hydroxyl groups is 1. The normalized spacial score (nSPS) is 17.8. The summed E-state index contributed by atoms with van der Waals surface area (Å²) in [5.41, 5.74) is -0.595. The summed E-state index contributed by atoms with van der Waals surface area (Å²) in [7, 11) is 0. The first kappa shape index (κ1) is 12.2. The van der Waals surface area contributed by atoms with E-state index in [4.69, 9.17) is 0 Å². The van der Waals surface area contributed by atoms with E-state index < -0.39 is 5.60 Å². The van der Waals surface area contributed by atoms with Crippen LogP contribution in [-0.2, 0) is 6.42 Å². The van der Waals surface area contributed by atoms with E-state index in [1.54, 1.807) is 11.3 Å². The van der Waals surface area contributed by atoms with Crippen molar-refractivity contribution in [3.05, 3.63) is 20.8 Å². The first-order valence-corrected chi connectivity index (χ1v) is 6.59. The Morgan fingerprint density at radius 3 is 2.71 bits per heavy atom. The molecule has 1 aromatic heterocycles. The summed E-state index contributed by atoms with van der Waals surface area (Å²) in [4.78, 5) is 1.23. The molecule has 2 atom stereocenters. The van der Waals surface area contributed by atoms with Gasteiger partial charge in [-0.25, -0.2) is 0 Å². The summed E-state index contributed by atoms with van der Waals surface area (Å²) in [6.07, 6.45) is 1.75. The number of halogens is 1. The quantitative estimate of drug-likeness (QED) is 0.886. The minimum absolute atomic E-state index is 0.330. The van der Waals surface area contributed by atoms with Crippen molar-refractivity contribution >= 4 is 27.3 Å². The maximum absolute atomic E-state index is 10.3. The third-order valence-corrected chi connectivity index (χ3v) is 4.81. The zero-order valence-corrected chi connectivity index (χ0v) is 11.3. The van der Waals surface area contributed by atoms with Crippen LogP contribution in [0.4, 0.5) is 0 Å². The number of hydrogen-bond donors (Lipinski definition) is 1. The Morgan fingerprint density at radius 1 is 1.64 bits per heavy atom. The van der Waals surface area contributed by atoms with E-state index in [-0.39, 0.29) is 0 Å². The molecule has 14 heavy (non-hydrogen) atoms. The zero-order chi connectivity index (χ0) is 10.8. The number of thiophene rings is 1. The second kappa shape index (κ2) is 4.77. The summed E-state index contributed by atoms with van der Waals surface area (Å²) in [6, 6.07) is 2.03. The van der Waals surface area contributed by atoms with E-state index in [1.165, 1.54) is 4.88 Å². The second-order valence-corrected chi connectivity index (χ2v) is 5.89. The van der Waals surface area contributed by atoms with Crippen LogP contribution in [0.15, 0.2) is 15.9 Å². The van der Waals surface area contributed by atoms with E-state index in [9.17, 15) is 5.11 Å². The van der Waals surface area contributed by atoms with Crippen molar-refractivity contribution in [1.82, 2.24) is 0 Å². The van der Waals surface area contributed by atoms with E-state index in [1.807, 2.05) is 18.4 Å². The lowest BCUT2D eigenvalue weighted by molar-refractivity contribution is 0.00575. The molecule has 0 fully saturated rings. The lowest BCUT2D eigenvalue weighted by Gasteiger charge is -2.29. The summed E-state index contributed by atoms with van der Waals surface area (Å²) in [6.45, 7) is 6.14. The standard InChI is InChI=1S/C11H17BrOS/c1-4-8(2)11(3,13)7-10-9(12)5-6-14-10/h5-6,8,13H,4,7H2,1-3H3. The zero-order valence-electron chi connectivity index (χ0n) is 8.88. The molecular weight excluding hydrogens is 260 g/mol. The predicted octanol–water partition coefficient (Wildman–Crippen LogP) is 3.85. The van der Waals surface area contributed by atoms with Gasteiger partial charge in [-0.1, -0.05) is 20.3 Å². The van der Waals surface area contributed by atoms with E-state index >= 15 is 0 Å². The van der Waals surface area contributed by atoms with Crippen LogP contribution in [0.25, 0.3) is 0 Å². The molecular formula is C11H17BrOS. The van der Waals surface area contributed by atoms with Crippen LogP contribution in [0.3, 0.4) is 0 Å². The molecule has 3 heteroatoms. The van der Waals surface area contributed by atoms with E-state index in [2.05, 4.69) is 29.8 Å². The highest BCUT2D eigenvalue weighted by Gasteiger charge is 2.28. The molecule has 1 heterocycles. The molecule has 0 aliphatic heterocycles. The molecule has 1 aromatic rings. The largest absolute Gasteiger partial charge is 0.390 e. The molecule has 1 rings (SSSR count). The molecule has 0 saturated heterocycles. The molecule has 0 radical (unpaired) electrons. The summed E-state index contributed by atoms with van der Waals surface area (Å²) in [5.74, 6) is 0.330. The van der Waals surface area contributed by atoms with Gasteiger partial charge in [-0.05, 0) is 40.2 Å². The van der Waals surface area contributed by atoms with Gasteiger partial charge in [0.25, 0.3) is 0 Å². The average Bonchev–Trinajstić information content (AvgIpc) is 2.50. The fourth-order valence-corrected chi connectivity index (χ4v) is 3.04. The van der Waals surface area contributed by atoms with Crippen molar-refractivity contribution in [3.8, 4) is 0 Å². The van der Waals surface area contributed by atoms with Gasteiger partial charge >= 0.3 is 0 Å². The summed E-state index contributed by atoms with van der Waals surface area (Å²) >= 11 is 5.19. The topological polar surface area (TPSA) is 20.2 Å². The van der Waals surface area contributed by atoms with Gasteiger partial charge in [0.05, 0.1) is 5.60 Å². The van der Waals surface area contributed by atoms with Crippen molar-refractivity contribution in [2.75, 3.05) is 0 Å². The van der Waals surface area contributed by atoms with Crippen LogP contribution in [0.2, 0.25) is 0 Å². The molecule has 80 valence electrons. The van der Waals surface area contributed by atoms with Crippen molar-refractivity contribution in [3.63, 3.8) is 0 Å². The van der Waals surface area contributed by atoms with Crippen LogP contribution in [0.1, 0.15) is 32.1 Å². The minimum Gasteiger partial charge on any atom is -0.390 e. The predicted molar refractivity (Wildman–Crippen MR) is 65.8 cm³/mol. The van der Waals surface area contributed by atoms with Crippen LogP contribution in [0, 0.1) is 5.92 Å². The second-order valence-electron chi connectivity index (χ2n) is 4.03. The molecule has 0 amide bonds. The minimum atomic E-state index is -0.595. The van der Waals surface area contributed by atoms with Gasteiger partial charge in [0.1, 0.15) is 0 Å². The Labute approximate surface area is 98.3 Å². The van der Waals surface area contributed by atoms with Crippen molar-refractivity contribution < 1.29 is 5.11 Å². The molecule has 0 aliphatic carbocycles. The van der Waals surface area contributed by atoms with Crippen molar-refractivity contribution in [2.45, 2.75) is 39.2 Å². The molecule has 0 spiro atoms. The van der Waals surface area contributed by atoms with Crippen LogP contribution in [0.5, 0.6) is 0 Å². The van der Waals surface area contributed by atoms with Crippen molar-refractivity contribution in [1.29, 1.82) is 0 Å². The number of hydrogen-bond acceptors (Lipinski definition) is 2. The lowest BCUT2D eigenvalue weighted by atomic mass is 9.85. The van der Waals surface area contributed by atoms with Crippen LogP contribution >= 0.6 is 27.3 Å². The Hall–Kier alpha value is 0.140. The molecule has 0 saturated carbocycles. The van der Waals surface area contributed by atoms with Gasteiger partial charge in [0.2, 0.25) is 0 Å². The maximum atomic E-state index is 10.3. The van der Waals surface area contributed by atoms with Gasteiger partial charge in [0, 0.05) is 15.8 Å². The monoisotopic (exact) mass is 276 g/mol. The molecule has 2 unspecified atom stereocenters. The maximum Gasteiger partial charge on any atom is 0.0693 e. The molecule has 0 aliphatic rings. The Morgan fingerprint density at radius 2 is 2.29 bits per heavy atom. The van der Waals surface area contributed by atoms with E-state index in [0.29, 0.717) is 5.92 Å². The SMILES string of the molecule is CCC(C)C(C)(O)Cc1sccc1Br. The van der Waals surface area contributed by atoms with E-state index in [0.717, 1.165) is 17.3 Å². The first-order valence-electron chi connectivity index (χ1n) is 4.91. The van der Waals surface area contributed by atoms with Gasteiger partial charge in [0.15, 0.2) is 0 Å². The Bertz CT molecular complexity index is 293. The van der Waals surface area contributed by atoms with Crippen molar-refractivity contribution in [2.24, 2.45) is 5.92 Å². The summed E-state index contributed by atoms with van der Waals surface area (Å²) < 4.78 is 1.12. The third kappa shape index (κ3) is 2.81. The Balaban J connectivity index is 2.73. The summed E-state index contributed by atoms with van der Waals surface area (Å²) in [5, 5.41) is 12.3. The molecule has 1 nitrogen and oxygen atoms in total. The highest BCUT2D eigenvalue weighted by molar-refractivity contribution is 9.10. The molecule has 1 N–H and O–H groups in total. The fourth-order valence-electron chi connectivity index (χ4n) is 1.39. The highest BCUT2D eigenvalue weighted by atomic mass is 79.9. The average molecular weight is 277 g/mol. The fraction of sp³-hybridized carbons (Fsp3) is 0.636. The van der Waals surface area contributed by atoms with Gasteiger partial charge < -0.3 is 5.11 Å². The van der Waals surface area contributed by atoms with Gasteiger partial charge in [-0.2, -0.15) is 0 Å². The smallest absolute Gasteiger partial charge is 0.0693 e. The Kier molecular flexibility index (Phi) is 4.16. The molecule has 0 bridgehead atoms. The number of rotatable bonds is 4. The lowest BCUT2D eigenvalue weighted by Crippen LogP contribution is -2.34. The van der Waals surface area contributed by atoms with Gasteiger partial charge in [-0.3, -0.25) is 0 Å². The first-order chi connectivity index (χ1) is 6.47. The van der Waals surface area contributed by atoms with Gasteiger partial charge in [-0.15, -0.1) is 11.3 Å². The third-order valence-electron chi connectivity index (χ3n) is 2.88.